The van der Waals surface area contributed by atoms with Gasteiger partial charge in [0.2, 0.25) is 0 Å². The molecule has 1 amide bonds. The number of carbonyl (C=O) groups excluding carboxylic acids is 1. The normalized spacial score (nSPS) is 16.3. The molecule has 146 valence electrons. The SMILES string of the molecule is C#CC1(Oc2ccc(C(F)(F)F)cc2[N+](=O)[O-])CCN(C(=O)OCC)CC1. The van der Waals surface area contributed by atoms with E-state index in [0.29, 0.717) is 12.1 Å². The number of carbonyl (C=O) groups is 1. The Hall–Kier alpha value is -2.96. The van der Waals surface area contributed by atoms with Crippen LogP contribution in [0.15, 0.2) is 18.2 Å². The van der Waals surface area contributed by atoms with Crippen LogP contribution in [0.25, 0.3) is 0 Å². The molecule has 0 spiro atoms. The molecule has 1 aliphatic rings. The molecule has 27 heavy (non-hydrogen) atoms. The largest absolute Gasteiger partial charge is 0.467 e. The molecule has 10 heteroatoms. The molecule has 0 N–H and O–H groups in total. The summed E-state index contributed by atoms with van der Waals surface area (Å²) in [5.74, 6) is 2.07. The predicted octanol–water partition coefficient (Wildman–Crippen LogP) is 3.62. The van der Waals surface area contributed by atoms with E-state index in [0.717, 1.165) is 6.07 Å². The van der Waals surface area contributed by atoms with E-state index in [2.05, 4.69) is 5.92 Å². The number of hydrogen-bond donors (Lipinski definition) is 0. The Morgan fingerprint density at radius 2 is 2.04 bits per heavy atom. The molecule has 0 atom stereocenters. The third-order valence-corrected chi connectivity index (χ3v) is 4.15. The monoisotopic (exact) mass is 386 g/mol. The molecule has 0 bridgehead atoms. The lowest BCUT2D eigenvalue weighted by atomic mass is 9.92. The first-order chi connectivity index (χ1) is 12.6. The third-order valence-electron chi connectivity index (χ3n) is 4.15. The van der Waals surface area contributed by atoms with E-state index in [-0.39, 0.29) is 38.3 Å². The quantitative estimate of drug-likeness (QED) is 0.449. The molecule has 0 saturated carbocycles. The lowest BCUT2D eigenvalue weighted by molar-refractivity contribution is -0.386. The highest BCUT2D eigenvalue weighted by Gasteiger charge is 2.39. The molecule has 2 rings (SSSR count). The number of piperidine rings is 1. The summed E-state index contributed by atoms with van der Waals surface area (Å²) in [4.78, 5) is 23.4. The minimum Gasteiger partial charge on any atom is -0.467 e. The fourth-order valence-electron chi connectivity index (χ4n) is 2.67. The van der Waals surface area contributed by atoms with Gasteiger partial charge in [0, 0.05) is 32.0 Å². The molecule has 0 unspecified atom stereocenters. The number of benzene rings is 1. The first-order valence-electron chi connectivity index (χ1n) is 8.06. The highest BCUT2D eigenvalue weighted by molar-refractivity contribution is 5.67. The van der Waals surface area contributed by atoms with Crippen molar-refractivity contribution < 1.29 is 32.4 Å². The van der Waals surface area contributed by atoms with E-state index in [1.165, 1.54) is 4.90 Å². The summed E-state index contributed by atoms with van der Waals surface area (Å²) in [5.41, 5.74) is -3.26. The van der Waals surface area contributed by atoms with Crippen LogP contribution in [0.4, 0.5) is 23.7 Å². The number of rotatable bonds is 4. The lowest BCUT2D eigenvalue weighted by Crippen LogP contribution is -2.49. The minimum atomic E-state index is -4.72. The van der Waals surface area contributed by atoms with Crippen LogP contribution in [0.2, 0.25) is 0 Å². The van der Waals surface area contributed by atoms with Gasteiger partial charge in [-0.15, -0.1) is 6.42 Å². The Labute approximate surface area is 153 Å². The maximum absolute atomic E-state index is 12.8. The number of nitro groups is 1. The molecule has 7 nitrogen and oxygen atoms in total. The second-order valence-corrected chi connectivity index (χ2v) is 5.86. The second kappa shape index (κ2) is 7.73. The van der Waals surface area contributed by atoms with Gasteiger partial charge in [0.1, 0.15) is 0 Å². The van der Waals surface area contributed by atoms with Gasteiger partial charge in [-0.05, 0) is 19.1 Å². The van der Waals surface area contributed by atoms with Gasteiger partial charge in [0.25, 0.3) is 0 Å². The Morgan fingerprint density at radius 3 is 2.52 bits per heavy atom. The summed E-state index contributed by atoms with van der Waals surface area (Å²) in [5, 5.41) is 11.2. The summed E-state index contributed by atoms with van der Waals surface area (Å²) >= 11 is 0. The van der Waals surface area contributed by atoms with Crippen LogP contribution >= 0.6 is 0 Å². The zero-order chi connectivity index (χ0) is 20.2. The molecule has 0 aromatic heterocycles. The van der Waals surface area contributed by atoms with E-state index in [1.807, 2.05) is 0 Å². The van der Waals surface area contributed by atoms with Gasteiger partial charge in [-0.3, -0.25) is 10.1 Å². The van der Waals surface area contributed by atoms with Crippen LogP contribution in [0.3, 0.4) is 0 Å². The van der Waals surface area contributed by atoms with Crippen molar-refractivity contribution >= 4 is 11.8 Å². The molecule has 0 aliphatic carbocycles. The van der Waals surface area contributed by atoms with Gasteiger partial charge in [-0.2, -0.15) is 13.2 Å². The summed E-state index contributed by atoms with van der Waals surface area (Å²) in [7, 11) is 0. The second-order valence-electron chi connectivity index (χ2n) is 5.86. The standard InChI is InChI=1S/C17H17F3N2O5/c1-3-16(7-9-21(10-8-16)15(23)26-4-2)27-14-6-5-12(17(18,19)20)11-13(14)22(24)25/h1,5-6,11H,4,7-10H2,2H3. The molecule has 1 aromatic carbocycles. The van der Waals surface area contributed by atoms with Crippen molar-refractivity contribution in [2.75, 3.05) is 19.7 Å². The number of hydrogen-bond acceptors (Lipinski definition) is 5. The van der Waals surface area contributed by atoms with Crippen molar-refractivity contribution in [3.05, 3.63) is 33.9 Å². The van der Waals surface area contributed by atoms with Crippen molar-refractivity contribution in [2.45, 2.75) is 31.5 Å². The van der Waals surface area contributed by atoms with Gasteiger partial charge >= 0.3 is 18.0 Å². The maximum Gasteiger partial charge on any atom is 0.416 e. The number of likely N-dealkylation sites (tertiary alicyclic amines) is 1. The van der Waals surface area contributed by atoms with Gasteiger partial charge in [-0.1, -0.05) is 5.92 Å². The number of halogens is 3. The van der Waals surface area contributed by atoms with E-state index >= 15 is 0 Å². The van der Waals surface area contributed by atoms with Crippen molar-refractivity contribution in [3.8, 4) is 18.1 Å². The van der Waals surface area contributed by atoms with Gasteiger partial charge in [0.15, 0.2) is 11.4 Å². The Kier molecular flexibility index (Phi) is 5.83. The summed E-state index contributed by atoms with van der Waals surface area (Å²) in [6, 6.07) is 1.99. The van der Waals surface area contributed by atoms with Crippen molar-refractivity contribution in [1.82, 2.24) is 4.90 Å². The lowest BCUT2D eigenvalue weighted by Gasteiger charge is -2.37. The maximum atomic E-state index is 12.8. The minimum absolute atomic E-state index is 0.153. The molecular weight excluding hydrogens is 369 g/mol. The highest BCUT2D eigenvalue weighted by atomic mass is 19.4. The predicted molar refractivity (Wildman–Crippen MR) is 88.1 cm³/mol. The fourth-order valence-corrected chi connectivity index (χ4v) is 2.67. The Morgan fingerprint density at radius 1 is 1.41 bits per heavy atom. The van der Waals surface area contributed by atoms with Crippen molar-refractivity contribution in [2.24, 2.45) is 0 Å². The van der Waals surface area contributed by atoms with Crippen LogP contribution in [-0.2, 0) is 10.9 Å². The molecule has 1 heterocycles. The molecule has 1 saturated heterocycles. The summed E-state index contributed by atoms with van der Waals surface area (Å²) < 4.78 is 48.9. The van der Waals surface area contributed by atoms with Gasteiger partial charge in [-0.25, -0.2) is 4.79 Å². The summed E-state index contributed by atoms with van der Waals surface area (Å²) in [6.45, 7) is 2.26. The topological polar surface area (TPSA) is 81.9 Å². The molecule has 1 aliphatic heterocycles. The number of terminal acetylenes is 1. The fraction of sp³-hybridized carbons (Fsp3) is 0.471. The number of amides is 1. The number of ether oxygens (including phenoxy) is 2. The third kappa shape index (κ3) is 4.61. The average molecular weight is 386 g/mol. The first-order valence-corrected chi connectivity index (χ1v) is 8.06. The van der Waals surface area contributed by atoms with E-state index in [4.69, 9.17) is 15.9 Å². The number of nitrogens with zero attached hydrogens (tertiary/aromatic N) is 2. The zero-order valence-corrected chi connectivity index (χ0v) is 14.4. The van der Waals surface area contributed by atoms with E-state index in [1.54, 1.807) is 6.92 Å². The van der Waals surface area contributed by atoms with Crippen LogP contribution < -0.4 is 4.74 Å². The molecular formula is C17H17F3N2O5. The number of alkyl halides is 3. The van der Waals surface area contributed by atoms with Crippen LogP contribution in [-0.4, -0.2) is 41.2 Å². The van der Waals surface area contributed by atoms with Gasteiger partial charge < -0.3 is 14.4 Å². The first kappa shape index (κ1) is 20.4. The van der Waals surface area contributed by atoms with E-state index in [9.17, 15) is 28.1 Å². The number of nitro benzene ring substituents is 1. The smallest absolute Gasteiger partial charge is 0.416 e. The summed E-state index contributed by atoms with van der Waals surface area (Å²) in [6.07, 6.45) is 0.604. The van der Waals surface area contributed by atoms with Crippen LogP contribution in [0, 0.1) is 22.5 Å². The molecule has 1 fully saturated rings. The zero-order valence-electron chi connectivity index (χ0n) is 14.4. The highest BCUT2D eigenvalue weighted by Crippen LogP contribution is 2.39. The van der Waals surface area contributed by atoms with Crippen molar-refractivity contribution in [3.63, 3.8) is 0 Å². The van der Waals surface area contributed by atoms with Crippen molar-refractivity contribution in [1.29, 1.82) is 0 Å². The van der Waals surface area contributed by atoms with Crippen LogP contribution in [0.1, 0.15) is 25.3 Å². The van der Waals surface area contributed by atoms with Gasteiger partial charge in [0.05, 0.1) is 17.1 Å². The molecule has 1 aromatic rings. The average Bonchev–Trinajstić information content (AvgIpc) is 2.61. The van der Waals surface area contributed by atoms with E-state index < -0.39 is 34.0 Å². The Bertz CT molecular complexity index is 765. The molecule has 0 radical (unpaired) electrons. The Balaban J connectivity index is 2.23. The van der Waals surface area contributed by atoms with Crippen LogP contribution in [0.5, 0.6) is 5.75 Å².